The second-order valence-corrected chi connectivity index (χ2v) is 8.90. The molecule has 8 heteroatoms. The number of rotatable bonds is 5. The monoisotopic (exact) mass is 438 g/mol. The number of thioether (sulfide) groups is 1. The number of nitrogens with zero attached hydrogens (tertiary/aromatic N) is 3. The number of carbonyl (C=O) groups excluding carboxylic acids is 1. The van der Waals surface area contributed by atoms with Crippen molar-refractivity contribution >= 4 is 46.1 Å². The van der Waals surface area contributed by atoms with Crippen LogP contribution >= 0.6 is 24.0 Å². The first kappa shape index (κ1) is 21.8. The second-order valence-electron chi connectivity index (χ2n) is 7.22. The lowest BCUT2D eigenvalue weighted by Gasteiger charge is -2.19. The molecule has 0 unspecified atom stereocenters. The normalized spacial score (nSPS) is 15.2. The van der Waals surface area contributed by atoms with Gasteiger partial charge in [-0.25, -0.2) is 0 Å². The van der Waals surface area contributed by atoms with E-state index in [4.69, 9.17) is 12.2 Å². The minimum Gasteiger partial charge on any atom is -0.367 e. The van der Waals surface area contributed by atoms with E-state index in [1.54, 1.807) is 24.9 Å². The molecule has 0 bridgehead atoms. The molecule has 1 aromatic carbocycles. The van der Waals surface area contributed by atoms with E-state index in [2.05, 4.69) is 5.32 Å². The van der Waals surface area contributed by atoms with Gasteiger partial charge in [-0.2, -0.15) is 5.26 Å². The number of pyridine rings is 1. The van der Waals surface area contributed by atoms with Gasteiger partial charge in [0.15, 0.2) is 0 Å². The van der Waals surface area contributed by atoms with Gasteiger partial charge in [0.25, 0.3) is 11.5 Å². The van der Waals surface area contributed by atoms with Gasteiger partial charge in [0.05, 0.1) is 4.91 Å². The van der Waals surface area contributed by atoms with Gasteiger partial charge in [0.2, 0.25) is 0 Å². The topological polar surface area (TPSA) is 78.1 Å². The summed E-state index contributed by atoms with van der Waals surface area (Å²) in [4.78, 5) is 27.6. The maximum absolute atomic E-state index is 12.9. The van der Waals surface area contributed by atoms with Gasteiger partial charge >= 0.3 is 0 Å². The number of hydrogen-bond donors (Lipinski definition) is 1. The van der Waals surface area contributed by atoms with Crippen LogP contribution in [-0.2, 0) is 18.4 Å². The average molecular weight is 439 g/mol. The first-order chi connectivity index (χ1) is 14.3. The summed E-state index contributed by atoms with van der Waals surface area (Å²) in [7, 11) is 1.62. The molecule has 1 amide bonds. The maximum Gasteiger partial charge on any atom is 0.270 e. The van der Waals surface area contributed by atoms with Crippen LogP contribution in [0.2, 0.25) is 0 Å². The SMILES string of the molecule is Cc1c(/C=C2/SC(=S)N(C(C)C)C2=O)c(NCc2ccccc2)n(C)c(=O)c1C#N. The van der Waals surface area contributed by atoms with Gasteiger partial charge < -0.3 is 5.32 Å². The first-order valence-corrected chi connectivity index (χ1v) is 10.7. The summed E-state index contributed by atoms with van der Waals surface area (Å²) in [5, 5.41) is 12.8. The standard InChI is InChI=1S/C22H22N4O2S2/c1-13(2)26-21(28)18(30-22(26)29)10-16-14(3)17(11-23)20(27)25(4)19(16)24-12-15-8-6-5-7-9-15/h5-10,13,24H,12H2,1-4H3/b18-10+. The summed E-state index contributed by atoms with van der Waals surface area (Å²) >= 11 is 6.60. The van der Waals surface area contributed by atoms with E-state index in [-0.39, 0.29) is 23.1 Å². The Labute approximate surface area is 185 Å². The third-order valence-corrected chi connectivity index (χ3v) is 6.25. The Bertz CT molecular complexity index is 1140. The van der Waals surface area contributed by atoms with Crippen LogP contribution in [0.4, 0.5) is 5.82 Å². The predicted octanol–water partition coefficient (Wildman–Crippen LogP) is 3.79. The van der Waals surface area contributed by atoms with Crippen molar-refractivity contribution < 1.29 is 4.79 Å². The molecule has 30 heavy (non-hydrogen) atoms. The largest absolute Gasteiger partial charge is 0.367 e. The van der Waals surface area contributed by atoms with E-state index in [9.17, 15) is 14.9 Å². The quantitative estimate of drug-likeness (QED) is 0.565. The van der Waals surface area contributed by atoms with Gasteiger partial charge in [-0.15, -0.1) is 0 Å². The molecule has 1 aliphatic rings. The molecule has 1 N–H and O–H groups in total. The molecular formula is C22H22N4O2S2. The molecule has 2 aromatic rings. The van der Waals surface area contributed by atoms with Crippen LogP contribution in [0.1, 0.15) is 36.1 Å². The molecule has 3 rings (SSSR count). The third kappa shape index (κ3) is 4.04. The Kier molecular flexibility index (Phi) is 6.44. The van der Waals surface area contributed by atoms with Crippen LogP contribution in [-0.4, -0.2) is 25.7 Å². The zero-order valence-corrected chi connectivity index (χ0v) is 18.9. The van der Waals surface area contributed by atoms with Crippen LogP contribution in [0, 0.1) is 18.3 Å². The Morgan fingerprint density at radius 1 is 1.27 bits per heavy atom. The smallest absolute Gasteiger partial charge is 0.270 e. The van der Waals surface area contributed by atoms with E-state index < -0.39 is 0 Å². The highest BCUT2D eigenvalue weighted by Crippen LogP contribution is 2.35. The van der Waals surface area contributed by atoms with Crippen LogP contribution in [0.3, 0.4) is 0 Å². The van der Waals surface area contributed by atoms with Crippen LogP contribution in [0.5, 0.6) is 0 Å². The molecule has 0 aliphatic carbocycles. The van der Waals surface area contributed by atoms with Gasteiger partial charge in [0, 0.05) is 25.2 Å². The van der Waals surface area contributed by atoms with Crippen molar-refractivity contribution in [3.63, 3.8) is 0 Å². The molecule has 0 radical (unpaired) electrons. The number of amides is 1. The van der Waals surface area contributed by atoms with Crippen molar-refractivity contribution in [2.75, 3.05) is 5.32 Å². The minimum atomic E-state index is -0.377. The Morgan fingerprint density at radius 3 is 2.50 bits per heavy atom. The number of aromatic nitrogens is 1. The summed E-state index contributed by atoms with van der Waals surface area (Å²) in [5.74, 6) is 0.385. The van der Waals surface area contributed by atoms with Crippen molar-refractivity contribution in [2.45, 2.75) is 33.4 Å². The molecule has 154 valence electrons. The van der Waals surface area contributed by atoms with E-state index in [0.29, 0.717) is 32.7 Å². The molecule has 2 heterocycles. The van der Waals surface area contributed by atoms with Crippen molar-refractivity contribution in [3.05, 3.63) is 67.8 Å². The zero-order valence-electron chi connectivity index (χ0n) is 17.2. The van der Waals surface area contributed by atoms with Crippen LogP contribution in [0.25, 0.3) is 6.08 Å². The number of thiocarbonyl (C=S) groups is 1. The predicted molar refractivity (Wildman–Crippen MR) is 125 cm³/mol. The fourth-order valence-corrected chi connectivity index (χ4v) is 4.79. The molecule has 0 atom stereocenters. The van der Waals surface area contributed by atoms with E-state index >= 15 is 0 Å². The molecule has 1 aliphatic heterocycles. The average Bonchev–Trinajstić information content (AvgIpc) is 3.00. The Balaban J connectivity index is 2.12. The molecule has 1 saturated heterocycles. The van der Waals surface area contributed by atoms with Crippen molar-refractivity contribution in [1.29, 1.82) is 5.26 Å². The van der Waals surface area contributed by atoms with E-state index in [0.717, 1.165) is 5.56 Å². The highest BCUT2D eigenvalue weighted by atomic mass is 32.2. The Morgan fingerprint density at radius 2 is 1.93 bits per heavy atom. The number of anilines is 1. The van der Waals surface area contributed by atoms with Gasteiger partial charge in [-0.05, 0) is 38.0 Å². The maximum atomic E-state index is 12.9. The highest BCUT2D eigenvalue weighted by molar-refractivity contribution is 8.26. The first-order valence-electron chi connectivity index (χ1n) is 9.44. The highest BCUT2D eigenvalue weighted by Gasteiger charge is 2.34. The minimum absolute atomic E-state index is 0.0463. The lowest BCUT2D eigenvalue weighted by Crippen LogP contribution is -2.34. The third-order valence-electron chi connectivity index (χ3n) is 4.92. The summed E-state index contributed by atoms with van der Waals surface area (Å²) in [6, 6.07) is 11.7. The number of benzene rings is 1. The zero-order chi connectivity index (χ0) is 22.0. The molecule has 0 spiro atoms. The van der Waals surface area contributed by atoms with Gasteiger partial charge in [-0.3, -0.25) is 19.1 Å². The summed E-state index contributed by atoms with van der Waals surface area (Å²) < 4.78 is 1.92. The number of carbonyl (C=O) groups is 1. The molecule has 6 nitrogen and oxygen atoms in total. The number of nitrogens with one attached hydrogen (secondary N) is 1. The fourth-order valence-electron chi connectivity index (χ4n) is 3.28. The molecule has 0 saturated carbocycles. The molecular weight excluding hydrogens is 416 g/mol. The lowest BCUT2D eigenvalue weighted by atomic mass is 10.0. The second kappa shape index (κ2) is 8.86. The van der Waals surface area contributed by atoms with Crippen molar-refractivity contribution in [3.8, 4) is 6.07 Å². The molecule has 1 aromatic heterocycles. The van der Waals surface area contributed by atoms with Crippen LogP contribution < -0.4 is 10.9 Å². The van der Waals surface area contributed by atoms with Crippen LogP contribution in [0.15, 0.2) is 40.0 Å². The summed E-state index contributed by atoms with van der Waals surface area (Å²) in [5.41, 5.74) is 1.90. The fraction of sp³-hybridized carbons (Fsp3) is 0.273. The van der Waals surface area contributed by atoms with E-state index in [1.165, 1.54) is 16.3 Å². The number of hydrogen-bond acceptors (Lipinski definition) is 6. The molecule has 1 fully saturated rings. The van der Waals surface area contributed by atoms with E-state index in [1.807, 2.05) is 50.2 Å². The van der Waals surface area contributed by atoms with Gasteiger partial charge in [-0.1, -0.05) is 54.3 Å². The summed E-state index contributed by atoms with van der Waals surface area (Å²) in [6.45, 7) is 6.04. The van der Waals surface area contributed by atoms with Crippen molar-refractivity contribution in [2.24, 2.45) is 7.05 Å². The van der Waals surface area contributed by atoms with Crippen molar-refractivity contribution in [1.82, 2.24) is 9.47 Å². The van der Waals surface area contributed by atoms with Gasteiger partial charge in [0.1, 0.15) is 21.8 Å². The number of nitriles is 1. The Hall–Kier alpha value is -2.89. The summed E-state index contributed by atoms with van der Waals surface area (Å²) in [6.07, 6.45) is 1.73. The lowest BCUT2D eigenvalue weighted by molar-refractivity contribution is -0.123.